The summed E-state index contributed by atoms with van der Waals surface area (Å²) in [6, 6.07) is 0.599. The summed E-state index contributed by atoms with van der Waals surface area (Å²) in [4.78, 5) is 0. The zero-order valence-electron chi connectivity index (χ0n) is 7.80. The Bertz CT molecular complexity index is 168. The van der Waals surface area contributed by atoms with Gasteiger partial charge in [-0.25, -0.2) is 0 Å². The van der Waals surface area contributed by atoms with Crippen LogP contribution in [0.5, 0.6) is 0 Å². The zero-order chi connectivity index (χ0) is 8.60. The number of epoxide rings is 1. The first-order valence-corrected chi connectivity index (χ1v) is 4.71. The summed E-state index contributed by atoms with van der Waals surface area (Å²) in [5, 5.41) is 3.40. The summed E-state index contributed by atoms with van der Waals surface area (Å²) in [5.74, 6) is 0.449. The molecule has 1 aliphatic heterocycles. The van der Waals surface area contributed by atoms with Crippen LogP contribution in [0, 0.1) is 5.92 Å². The van der Waals surface area contributed by atoms with Crippen LogP contribution < -0.4 is 5.32 Å². The monoisotopic (exact) mass is 171 g/mol. The number of methoxy groups -OCH3 is 1. The minimum Gasteiger partial charge on any atom is -0.339 e. The predicted molar refractivity (Wildman–Crippen MR) is 45.6 cm³/mol. The molecule has 3 unspecified atom stereocenters. The van der Waals surface area contributed by atoms with Crippen LogP contribution in [0.15, 0.2) is 0 Å². The average Bonchev–Trinajstić information content (AvgIpc) is 2.71. The molecule has 12 heavy (non-hydrogen) atoms. The van der Waals surface area contributed by atoms with Crippen molar-refractivity contribution in [3.63, 3.8) is 0 Å². The molecule has 2 rings (SSSR count). The first-order chi connectivity index (χ1) is 5.74. The third-order valence-electron chi connectivity index (χ3n) is 2.86. The largest absolute Gasteiger partial charge is 0.339 e. The van der Waals surface area contributed by atoms with Crippen LogP contribution in [0.4, 0.5) is 0 Å². The van der Waals surface area contributed by atoms with Crippen molar-refractivity contribution in [1.82, 2.24) is 5.32 Å². The Labute approximate surface area is 73.4 Å². The number of hydrogen-bond donors (Lipinski definition) is 1. The second-order valence-electron chi connectivity index (χ2n) is 4.01. The Kier molecular flexibility index (Phi) is 2.10. The van der Waals surface area contributed by atoms with Gasteiger partial charge in [0.1, 0.15) is 6.61 Å². The Hall–Kier alpha value is -0.120. The van der Waals surface area contributed by atoms with Gasteiger partial charge in [-0.05, 0) is 25.2 Å². The summed E-state index contributed by atoms with van der Waals surface area (Å²) in [6.45, 7) is 3.00. The number of hydrogen-bond acceptors (Lipinski definition) is 3. The van der Waals surface area contributed by atoms with E-state index < -0.39 is 5.91 Å². The fourth-order valence-electron chi connectivity index (χ4n) is 1.97. The third kappa shape index (κ3) is 1.63. The van der Waals surface area contributed by atoms with E-state index >= 15 is 0 Å². The molecule has 0 bridgehead atoms. The van der Waals surface area contributed by atoms with E-state index in [2.05, 4.69) is 12.2 Å². The maximum atomic E-state index is 5.21. The smallest absolute Gasteiger partial charge is 0.252 e. The molecule has 1 N–H and O–H groups in total. The molecule has 0 aromatic rings. The topological polar surface area (TPSA) is 33.8 Å². The molecule has 2 aliphatic rings. The molecule has 0 amide bonds. The van der Waals surface area contributed by atoms with Crippen LogP contribution in [0.2, 0.25) is 0 Å². The highest BCUT2D eigenvalue weighted by atomic mass is 16.8. The number of nitrogens with one attached hydrogen (secondary N) is 1. The first kappa shape index (κ1) is 8.48. The minimum absolute atomic E-state index is 0.408. The van der Waals surface area contributed by atoms with E-state index in [1.54, 1.807) is 7.11 Å². The van der Waals surface area contributed by atoms with E-state index in [1.807, 2.05) is 0 Å². The highest BCUT2D eigenvalue weighted by molar-refractivity contribution is 4.87. The molecule has 0 aromatic carbocycles. The predicted octanol–water partition coefficient (Wildman–Crippen LogP) is 1.09. The van der Waals surface area contributed by atoms with E-state index in [9.17, 15) is 0 Å². The van der Waals surface area contributed by atoms with Crippen molar-refractivity contribution >= 4 is 0 Å². The lowest BCUT2D eigenvalue weighted by Crippen LogP contribution is -2.41. The van der Waals surface area contributed by atoms with Gasteiger partial charge in [0.2, 0.25) is 0 Å². The molecule has 70 valence electrons. The summed E-state index contributed by atoms with van der Waals surface area (Å²) in [5.41, 5.74) is 0. The lowest BCUT2D eigenvalue weighted by atomic mass is 10.1. The molecule has 3 atom stereocenters. The molecule has 3 heteroatoms. The van der Waals surface area contributed by atoms with E-state index in [4.69, 9.17) is 9.47 Å². The molecule has 1 heterocycles. The highest BCUT2D eigenvalue weighted by Gasteiger charge is 2.47. The molecule has 0 radical (unpaired) electrons. The van der Waals surface area contributed by atoms with Gasteiger partial charge < -0.3 is 9.47 Å². The molecule has 1 saturated heterocycles. The van der Waals surface area contributed by atoms with Gasteiger partial charge in [0.25, 0.3) is 5.91 Å². The standard InChI is InChI=1S/C9H17NO2/c1-7-3-4-8(5-7)10-9(11-2)6-12-9/h7-8,10H,3-6H2,1-2H3. The summed E-state index contributed by atoms with van der Waals surface area (Å²) in [7, 11) is 1.69. The van der Waals surface area contributed by atoms with Crippen LogP contribution in [-0.4, -0.2) is 25.7 Å². The maximum absolute atomic E-state index is 5.21. The van der Waals surface area contributed by atoms with Crippen molar-refractivity contribution in [3.8, 4) is 0 Å². The Morgan fingerprint density at radius 1 is 1.50 bits per heavy atom. The SMILES string of the molecule is COC1(NC2CCC(C)C2)CO1. The van der Waals surface area contributed by atoms with Crippen LogP contribution in [-0.2, 0) is 9.47 Å². The number of rotatable bonds is 3. The van der Waals surface area contributed by atoms with Crippen molar-refractivity contribution in [2.45, 2.75) is 38.1 Å². The molecule has 0 spiro atoms. The van der Waals surface area contributed by atoms with E-state index in [-0.39, 0.29) is 0 Å². The second kappa shape index (κ2) is 2.98. The summed E-state index contributed by atoms with van der Waals surface area (Å²) < 4.78 is 10.4. The van der Waals surface area contributed by atoms with Crippen LogP contribution in [0.1, 0.15) is 26.2 Å². The average molecular weight is 171 g/mol. The zero-order valence-corrected chi connectivity index (χ0v) is 7.80. The first-order valence-electron chi connectivity index (χ1n) is 4.71. The van der Waals surface area contributed by atoms with Gasteiger partial charge in [-0.3, -0.25) is 5.32 Å². The van der Waals surface area contributed by atoms with E-state index in [0.29, 0.717) is 12.6 Å². The highest BCUT2D eigenvalue weighted by Crippen LogP contribution is 2.31. The Balaban J connectivity index is 1.80. The normalized spacial score (nSPS) is 46.5. The van der Waals surface area contributed by atoms with E-state index in [0.717, 1.165) is 5.92 Å². The number of ether oxygens (including phenoxy) is 2. The van der Waals surface area contributed by atoms with Gasteiger partial charge in [-0.2, -0.15) is 0 Å². The van der Waals surface area contributed by atoms with Gasteiger partial charge >= 0.3 is 0 Å². The summed E-state index contributed by atoms with van der Waals surface area (Å²) in [6.07, 6.45) is 3.85. The van der Waals surface area contributed by atoms with Gasteiger partial charge in [-0.15, -0.1) is 0 Å². The van der Waals surface area contributed by atoms with Gasteiger partial charge in [0.15, 0.2) is 0 Å². The Morgan fingerprint density at radius 2 is 2.25 bits per heavy atom. The fraction of sp³-hybridized carbons (Fsp3) is 1.00. The summed E-state index contributed by atoms with van der Waals surface area (Å²) >= 11 is 0. The van der Waals surface area contributed by atoms with Crippen molar-refractivity contribution in [2.24, 2.45) is 5.92 Å². The van der Waals surface area contributed by atoms with Crippen molar-refractivity contribution < 1.29 is 9.47 Å². The lowest BCUT2D eigenvalue weighted by molar-refractivity contribution is -0.0446. The molecular formula is C9H17NO2. The van der Waals surface area contributed by atoms with Crippen LogP contribution in [0.25, 0.3) is 0 Å². The Morgan fingerprint density at radius 3 is 2.67 bits per heavy atom. The molecular weight excluding hydrogens is 154 g/mol. The van der Waals surface area contributed by atoms with E-state index in [1.165, 1.54) is 19.3 Å². The quantitative estimate of drug-likeness (QED) is 0.510. The molecule has 3 nitrogen and oxygen atoms in total. The molecule has 1 saturated carbocycles. The van der Waals surface area contributed by atoms with Crippen molar-refractivity contribution in [3.05, 3.63) is 0 Å². The van der Waals surface area contributed by atoms with Gasteiger partial charge in [-0.1, -0.05) is 6.92 Å². The minimum atomic E-state index is -0.408. The third-order valence-corrected chi connectivity index (χ3v) is 2.86. The molecule has 0 aromatic heterocycles. The van der Waals surface area contributed by atoms with Gasteiger partial charge in [0.05, 0.1) is 0 Å². The van der Waals surface area contributed by atoms with Crippen LogP contribution in [0.3, 0.4) is 0 Å². The van der Waals surface area contributed by atoms with Crippen molar-refractivity contribution in [2.75, 3.05) is 13.7 Å². The fourth-order valence-corrected chi connectivity index (χ4v) is 1.97. The molecule has 2 fully saturated rings. The molecule has 1 aliphatic carbocycles. The second-order valence-corrected chi connectivity index (χ2v) is 4.01. The van der Waals surface area contributed by atoms with Gasteiger partial charge in [0, 0.05) is 13.2 Å². The van der Waals surface area contributed by atoms with Crippen molar-refractivity contribution in [1.29, 1.82) is 0 Å². The maximum Gasteiger partial charge on any atom is 0.252 e. The lowest BCUT2D eigenvalue weighted by Gasteiger charge is -2.17. The van der Waals surface area contributed by atoms with Crippen LogP contribution >= 0.6 is 0 Å².